The zero-order chi connectivity index (χ0) is 14.7. The highest BCUT2D eigenvalue weighted by atomic mass is 35.5. The first-order chi connectivity index (χ1) is 9.49. The number of hydrogen-bond acceptors (Lipinski definition) is 2. The molecule has 0 saturated carbocycles. The number of carbonyl (C=O) groups is 1. The third-order valence-electron chi connectivity index (χ3n) is 2.57. The van der Waals surface area contributed by atoms with E-state index in [4.69, 9.17) is 27.8 Å². The number of benzene rings is 2. The van der Waals surface area contributed by atoms with Gasteiger partial charge in [0.1, 0.15) is 0 Å². The Bertz CT molecular complexity index is 677. The van der Waals surface area contributed by atoms with Crippen LogP contribution in [0.5, 0.6) is 0 Å². The van der Waals surface area contributed by atoms with Gasteiger partial charge in [0.2, 0.25) is 0 Å². The first-order valence-electron chi connectivity index (χ1n) is 5.45. The highest BCUT2D eigenvalue weighted by Crippen LogP contribution is 2.35. The highest BCUT2D eigenvalue weighted by molar-refractivity contribution is 7.80. The molecule has 1 atom stereocenters. The molecule has 2 rings (SSSR count). The number of halogens is 2. The molecule has 0 aliphatic heterocycles. The molecule has 2 N–H and O–H groups in total. The average molecular weight is 330 g/mol. The van der Waals surface area contributed by atoms with E-state index in [9.17, 15) is 9.00 Å². The van der Waals surface area contributed by atoms with Gasteiger partial charge in [-0.15, -0.1) is 0 Å². The fraction of sp³-hybridized carbons (Fsp3) is 0. The van der Waals surface area contributed by atoms with Crippen molar-refractivity contribution in [3.63, 3.8) is 0 Å². The van der Waals surface area contributed by atoms with Crippen LogP contribution in [0.2, 0.25) is 5.02 Å². The molecule has 2 aromatic rings. The van der Waals surface area contributed by atoms with Gasteiger partial charge in [-0.3, -0.25) is 14.1 Å². The second-order valence-corrected chi connectivity index (χ2v) is 5.35. The van der Waals surface area contributed by atoms with Crippen LogP contribution in [0.4, 0.5) is 5.69 Å². The van der Waals surface area contributed by atoms with Crippen LogP contribution in [0, 0.1) is 0 Å². The van der Waals surface area contributed by atoms with Gasteiger partial charge in [-0.2, -0.15) is 0 Å². The molecule has 104 valence electrons. The molecule has 0 bridgehead atoms. The molecule has 0 aromatic heterocycles. The molecular weight excluding hydrogens is 321 g/mol. The Morgan fingerprint density at radius 3 is 2.40 bits per heavy atom. The Morgan fingerprint density at radius 1 is 1.20 bits per heavy atom. The summed E-state index contributed by atoms with van der Waals surface area (Å²) in [4.78, 5) is 11.6. The Morgan fingerprint density at radius 2 is 1.85 bits per heavy atom. The molecule has 0 radical (unpaired) electrons. The van der Waals surface area contributed by atoms with Crippen molar-refractivity contribution in [2.45, 2.75) is 0 Å². The van der Waals surface area contributed by atoms with Crippen LogP contribution in [-0.2, 0) is 11.3 Å². The molecular formula is C13H9Cl2NO3S. The van der Waals surface area contributed by atoms with Crippen LogP contribution in [0.3, 0.4) is 0 Å². The van der Waals surface area contributed by atoms with Gasteiger partial charge >= 0.3 is 0 Å². The standard InChI is InChI=1S/C13H9Cl2NO3S/c14-9-6-10(13(15)17)12(8-4-2-1-3-5-8)11(7-9)16-20(18)19/h1-7,16H,(H,18,19). The van der Waals surface area contributed by atoms with E-state index in [0.717, 1.165) is 0 Å². The fourth-order valence-corrected chi connectivity index (χ4v) is 2.57. The number of nitrogens with one attached hydrogen (secondary N) is 1. The lowest BCUT2D eigenvalue weighted by atomic mass is 9.98. The smallest absolute Gasteiger partial charge is 0.259 e. The van der Waals surface area contributed by atoms with Gasteiger partial charge in [0.15, 0.2) is 0 Å². The van der Waals surface area contributed by atoms with Crippen molar-refractivity contribution in [2.24, 2.45) is 0 Å². The Hall–Kier alpha value is -1.40. The monoisotopic (exact) mass is 329 g/mol. The lowest BCUT2D eigenvalue weighted by Gasteiger charge is -2.13. The molecule has 0 saturated heterocycles. The van der Waals surface area contributed by atoms with E-state index >= 15 is 0 Å². The number of anilines is 1. The van der Waals surface area contributed by atoms with E-state index in [1.165, 1.54) is 12.1 Å². The molecule has 0 spiro atoms. The maximum absolute atomic E-state index is 11.6. The van der Waals surface area contributed by atoms with Crippen LogP contribution in [0.1, 0.15) is 10.4 Å². The SMILES string of the molecule is O=C(Cl)c1cc(Cl)cc(NS(=O)O)c1-c1ccccc1. The topological polar surface area (TPSA) is 66.4 Å². The minimum Gasteiger partial charge on any atom is -0.289 e. The molecule has 0 heterocycles. The van der Waals surface area contributed by atoms with Crippen molar-refractivity contribution in [1.82, 2.24) is 0 Å². The van der Waals surface area contributed by atoms with Crippen LogP contribution >= 0.6 is 23.2 Å². The van der Waals surface area contributed by atoms with Crippen molar-refractivity contribution in [1.29, 1.82) is 0 Å². The second-order valence-electron chi connectivity index (χ2n) is 3.87. The summed E-state index contributed by atoms with van der Waals surface area (Å²) >= 11 is 9.19. The maximum Gasteiger partial charge on any atom is 0.259 e. The molecule has 0 aliphatic carbocycles. The van der Waals surface area contributed by atoms with Gasteiger partial charge in [0, 0.05) is 16.1 Å². The quantitative estimate of drug-likeness (QED) is 0.659. The molecule has 0 fully saturated rings. The summed E-state index contributed by atoms with van der Waals surface area (Å²) < 4.78 is 22.3. The van der Waals surface area contributed by atoms with Gasteiger partial charge in [-0.05, 0) is 29.3 Å². The van der Waals surface area contributed by atoms with E-state index in [2.05, 4.69) is 4.72 Å². The average Bonchev–Trinajstić information content (AvgIpc) is 2.38. The molecule has 1 unspecified atom stereocenters. The third kappa shape index (κ3) is 3.37. The summed E-state index contributed by atoms with van der Waals surface area (Å²) in [6.07, 6.45) is 0. The van der Waals surface area contributed by atoms with Gasteiger partial charge in [-0.1, -0.05) is 41.9 Å². The molecule has 0 amide bonds. The molecule has 0 aliphatic rings. The summed E-state index contributed by atoms with van der Waals surface area (Å²) in [5, 5.41) is -0.459. The van der Waals surface area contributed by atoms with Gasteiger partial charge in [0.25, 0.3) is 16.5 Å². The molecule has 2 aromatic carbocycles. The lowest BCUT2D eigenvalue weighted by Crippen LogP contribution is -2.06. The predicted molar refractivity (Wildman–Crippen MR) is 81.5 cm³/mol. The van der Waals surface area contributed by atoms with Crippen LogP contribution in [0.15, 0.2) is 42.5 Å². The molecule has 7 heteroatoms. The van der Waals surface area contributed by atoms with E-state index in [1.807, 2.05) is 6.07 Å². The first kappa shape index (κ1) is 15.0. The van der Waals surface area contributed by atoms with E-state index in [-0.39, 0.29) is 16.3 Å². The van der Waals surface area contributed by atoms with Crippen LogP contribution < -0.4 is 4.72 Å². The molecule has 4 nitrogen and oxygen atoms in total. The van der Waals surface area contributed by atoms with Gasteiger partial charge < -0.3 is 0 Å². The normalized spacial score (nSPS) is 11.9. The van der Waals surface area contributed by atoms with Crippen molar-refractivity contribution >= 4 is 45.4 Å². The van der Waals surface area contributed by atoms with Gasteiger partial charge in [-0.25, -0.2) is 4.21 Å². The maximum atomic E-state index is 11.6. The fourth-order valence-electron chi connectivity index (χ4n) is 1.85. The summed E-state index contributed by atoms with van der Waals surface area (Å²) in [5.74, 6) is 0. The van der Waals surface area contributed by atoms with Crippen molar-refractivity contribution in [3.8, 4) is 11.1 Å². The zero-order valence-electron chi connectivity index (χ0n) is 9.97. The summed E-state index contributed by atoms with van der Waals surface area (Å²) in [6.45, 7) is 0. The Kier molecular flexibility index (Phi) is 4.77. The largest absolute Gasteiger partial charge is 0.289 e. The van der Waals surface area contributed by atoms with Crippen LogP contribution in [0.25, 0.3) is 11.1 Å². The lowest BCUT2D eigenvalue weighted by molar-refractivity contribution is 0.108. The Balaban J connectivity index is 2.73. The van der Waals surface area contributed by atoms with Crippen molar-refractivity contribution < 1.29 is 13.6 Å². The first-order valence-corrected chi connectivity index (χ1v) is 7.31. The Labute approximate surface area is 128 Å². The van der Waals surface area contributed by atoms with E-state index < -0.39 is 16.5 Å². The van der Waals surface area contributed by atoms with Crippen molar-refractivity contribution in [3.05, 3.63) is 53.1 Å². The highest BCUT2D eigenvalue weighted by Gasteiger charge is 2.17. The number of carbonyl (C=O) groups excluding carboxylic acids is 1. The predicted octanol–water partition coefficient (Wildman–Crippen LogP) is 3.93. The minimum atomic E-state index is -2.29. The van der Waals surface area contributed by atoms with E-state index in [1.54, 1.807) is 24.3 Å². The summed E-state index contributed by atoms with van der Waals surface area (Å²) in [5.41, 5.74) is 1.53. The number of hydrogen-bond donors (Lipinski definition) is 2. The minimum absolute atomic E-state index is 0.165. The third-order valence-corrected chi connectivity index (χ3v) is 3.39. The summed E-state index contributed by atoms with van der Waals surface area (Å²) in [6, 6.07) is 11.8. The number of rotatable bonds is 4. The van der Waals surface area contributed by atoms with Crippen LogP contribution in [-0.4, -0.2) is 14.0 Å². The zero-order valence-corrected chi connectivity index (χ0v) is 12.3. The van der Waals surface area contributed by atoms with Crippen molar-refractivity contribution in [2.75, 3.05) is 4.72 Å². The van der Waals surface area contributed by atoms with E-state index in [0.29, 0.717) is 11.1 Å². The second kappa shape index (κ2) is 6.37. The summed E-state index contributed by atoms with van der Waals surface area (Å²) in [7, 11) is 0. The molecule has 20 heavy (non-hydrogen) atoms. The van der Waals surface area contributed by atoms with Gasteiger partial charge in [0.05, 0.1) is 5.69 Å².